The normalized spacial score (nSPS) is 11.5. The summed E-state index contributed by atoms with van der Waals surface area (Å²) >= 11 is 4.74. The molecule has 0 aliphatic carbocycles. The van der Waals surface area contributed by atoms with Crippen LogP contribution in [0.4, 0.5) is 13.2 Å². The second-order valence-electron chi connectivity index (χ2n) is 3.07. The molecule has 92 valence electrons. The van der Waals surface area contributed by atoms with Crippen LogP contribution in [0.2, 0.25) is 0 Å². The topological polar surface area (TPSA) is 36.4 Å². The Hall–Kier alpha value is -1.63. The van der Waals surface area contributed by atoms with Crippen molar-refractivity contribution in [2.75, 3.05) is 7.05 Å². The first kappa shape index (κ1) is 13.4. The lowest BCUT2D eigenvalue weighted by atomic mass is 10.1. The lowest BCUT2D eigenvalue weighted by molar-refractivity contribution is -0.137. The van der Waals surface area contributed by atoms with Crippen LogP contribution in [0.25, 0.3) is 0 Å². The van der Waals surface area contributed by atoms with Gasteiger partial charge in [0.2, 0.25) is 0 Å². The average molecular weight is 261 g/mol. The summed E-state index contributed by atoms with van der Waals surface area (Å²) in [5, 5.41) is 6.59. The molecule has 0 saturated heterocycles. The van der Waals surface area contributed by atoms with Crippen LogP contribution in [0.15, 0.2) is 29.4 Å². The molecule has 0 atom stereocenters. The van der Waals surface area contributed by atoms with Gasteiger partial charge in [0.25, 0.3) is 0 Å². The quantitative estimate of drug-likeness (QED) is 0.486. The zero-order valence-corrected chi connectivity index (χ0v) is 9.69. The Kier molecular flexibility index (Phi) is 4.45. The Morgan fingerprint density at radius 3 is 2.71 bits per heavy atom. The monoisotopic (exact) mass is 261 g/mol. The highest BCUT2D eigenvalue weighted by Crippen LogP contribution is 2.29. The third kappa shape index (κ3) is 4.39. The third-order valence-corrected chi connectivity index (χ3v) is 2.12. The van der Waals surface area contributed by atoms with Gasteiger partial charge >= 0.3 is 6.18 Å². The van der Waals surface area contributed by atoms with Gasteiger partial charge in [0.1, 0.15) is 0 Å². The minimum atomic E-state index is -4.35. The highest BCUT2D eigenvalue weighted by Gasteiger charge is 2.30. The van der Waals surface area contributed by atoms with Crippen LogP contribution in [0, 0.1) is 0 Å². The van der Waals surface area contributed by atoms with Crippen molar-refractivity contribution in [1.82, 2.24) is 10.7 Å². The van der Waals surface area contributed by atoms with Gasteiger partial charge in [0, 0.05) is 7.05 Å². The Morgan fingerprint density at radius 2 is 2.12 bits per heavy atom. The molecule has 0 radical (unpaired) electrons. The first-order valence-corrected chi connectivity index (χ1v) is 5.02. The summed E-state index contributed by atoms with van der Waals surface area (Å²) in [6.07, 6.45) is -3.09. The molecule has 2 N–H and O–H groups in total. The lowest BCUT2D eigenvalue weighted by Gasteiger charge is -2.06. The predicted molar refractivity (Wildman–Crippen MR) is 63.8 cm³/mol. The lowest BCUT2D eigenvalue weighted by Crippen LogP contribution is -2.28. The van der Waals surface area contributed by atoms with E-state index in [0.717, 1.165) is 12.1 Å². The van der Waals surface area contributed by atoms with Crippen LogP contribution in [-0.2, 0) is 6.18 Å². The molecule has 0 aromatic heterocycles. The number of alkyl halides is 3. The molecule has 0 amide bonds. The Labute approximate surface area is 102 Å². The fourth-order valence-corrected chi connectivity index (χ4v) is 1.07. The highest BCUT2D eigenvalue weighted by atomic mass is 32.1. The number of hydrogen-bond donors (Lipinski definition) is 2. The number of benzene rings is 1. The molecule has 0 fully saturated rings. The maximum Gasteiger partial charge on any atom is 0.416 e. The van der Waals surface area contributed by atoms with Crippen LogP contribution >= 0.6 is 12.2 Å². The van der Waals surface area contributed by atoms with Crippen LogP contribution < -0.4 is 10.7 Å². The van der Waals surface area contributed by atoms with Crippen molar-refractivity contribution in [2.24, 2.45) is 5.10 Å². The summed E-state index contributed by atoms with van der Waals surface area (Å²) in [4.78, 5) is 0. The number of thiocarbonyl (C=S) groups is 1. The number of nitrogens with zero attached hydrogens (tertiary/aromatic N) is 1. The second-order valence-corrected chi connectivity index (χ2v) is 3.48. The van der Waals surface area contributed by atoms with E-state index in [0.29, 0.717) is 5.56 Å². The van der Waals surface area contributed by atoms with E-state index in [9.17, 15) is 13.2 Å². The summed E-state index contributed by atoms with van der Waals surface area (Å²) < 4.78 is 37.1. The zero-order chi connectivity index (χ0) is 12.9. The van der Waals surface area contributed by atoms with Crippen molar-refractivity contribution in [3.8, 4) is 0 Å². The largest absolute Gasteiger partial charge is 0.416 e. The van der Waals surface area contributed by atoms with Gasteiger partial charge in [-0.3, -0.25) is 5.43 Å². The molecule has 7 heteroatoms. The fourth-order valence-electron chi connectivity index (χ4n) is 1.02. The van der Waals surface area contributed by atoms with Gasteiger partial charge < -0.3 is 5.32 Å². The first-order chi connectivity index (χ1) is 7.93. The van der Waals surface area contributed by atoms with Crippen LogP contribution in [-0.4, -0.2) is 18.4 Å². The Balaban J connectivity index is 2.76. The number of halogens is 3. The maximum atomic E-state index is 12.4. The molecule has 0 heterocycles. The maximum absolute atomic E-state index is 12.4. The molecule has 17 heavy (non-hydrogen) atoms. The predicted octanol–water partition coefficient (Wildman–Crippen LogP) is 2.13. The summed E-state index contributed by atoms with van der Waals surface area (Å²) in [7, 11) is 1.61. The molecular weight excluding hydrogens is 251 g/mol. The van der Waals surface area contributed by atoms with Crippen LogP contribution in [0.3, 0.4) is 0 Å². The Bertz CT molecular complexity index is 429. The summed E-state index contributed by atoms with van der Waals surface area (Å²) in [6.45, 7) is 0. The van der Waals surface area contributed by atoms with E-state index in [1.54, 1.807) is 7.05 Å². The van der Waals surface area contributed by atoms with Gasteiger partial charge in [-0.05, 0) is 29.9 Å². The van der Waals surface area contributed by atoms with Gasteiger partial charge in [-0.2, -0.15) is 18.3 Å². The molecular formula is C10H10F3N3S. The fraction of sp³-hybridized carbons (Fsp3) is 0.200. The SMILES string of the molecule is CNC(=S)N/N=C\c1cccc(C(F)(F)F)c1. The zero-order valence-electron chi connectivity index (χ0n) is 8.88. The van der Waals surface area contributed by atoms with E-state index in [2.05, 4.69) is 15.8 Å². The van der Waals surface area contributed by atoms with E-state index in [1.807, 2.05) is 0 Å². The number of hydrazone groups is 1. The molecule has 1 aromatic rings. The minimum Gasteiger partial charge on any atom is -0.364 e. The third-order valence-electron chi connectivity index (χ3n) is 1.82. The molecule has 0 unspecified atom stereocenters. The molecule has 0 spiro atoms. The molecule has 1 rings (SSSR count). The highest BCUT2D eigenvalue weighted by molar-refractivity contribution is 7.80. The van der Waals surface area contributed by atoms with Crippen molar-refractivity contribution < 1.29 is 13.2 Å². The number of rotatable bonds is 2. The van der Waals surface area contributed by atoms with Gasteiger partial charge in [-0.1, -0.05) is 12.1 Å². The molecule has 1 aromatic carbocycles. The van der Waals surface area contributed by atoms with E-state index in [-0.39, 0.29) is 5.11 Å². The minimum absolute atomic E-state index is 0.285. The van der Waals surface area contributed by atoms with Gasteiger partial charge in [-0.25, -0.2) is 0 Å². The Morgan fingerprint density at radius 1 is 1.41 bits per heavy atom. The molecule has 3 nitrogen and oxygen atoms in total. The van der Waals surface area contributed by atoms with E-state index in [1.165, 1.54) is 18.3 Å². The van der Waals surface area contributed by atoms with Crippen molar-refractivity contribution in [3.05, 3.63) is 35.4 Å². The van der Waals surface area contributed by atoms with Gasteiger partial charge in [0.05, 0.1) is 11.8 Å². The van der Waals surface area contributed by atoms with Crippen molar-refractivity contribution >= 4 is 23.5 Å². The molecule has 0 aliphatic rings. The number of nitrogens with one attached hydrogen (secondary N) is 2. The van der Waals surface area contributed by atoms with Gasteiger partial charge in [0.15, 0.2) is 5.11 Å². The summed E-state index contributed by atoms with van der Waals surface area (Å²) in [6, 6.07) is 4.85. The standard InChI is InChI=1S/C10H10F3N3S/c1-14-9(17)16-15-6-7-3-2-4-8(5-7)10(11,12)13/h2-6H,1H3,(H2,14,16,17)/b15-6-. The van der Waals surface area contributed by atoms with Crippen molar-refractivity contribution in [2.45, 2.75) is 6.18 Å². The number of hydrogen-bond acceptors (Lipinski definition) is 2. The summed E-state index contributed by atoms with van der Waals surface area (Å²) in [5.74, 6) is 0. The molecule has 0 saturated carbocycles. The molecule has 0 bridgehead atoms. The van der Waals surface area contributed by atoms with Crippen molar-refractivity contribution in [1.29, 1.82) is 0 Å². The first-order valence-electron chi connectivity index (χ1n) is 4.61. The van der Waals surface area contributed by atoms with Crippen LogP contribution in [0.1, 0.15) is 11.1 Å². The summed E-state index contributed by atoms with van der Waals surface area (Å²) in [5.41, 5.74) is 2.08. The van der Waals surface area contributed by atoms with E-state index >= 15 is 0 Å². The van der Waals surface area contributed by atoms with Crippen molar-refractivity contribution in [3.63, 3.8) is 0 Å². The van der Waals surface area contributed by atoms with E-state index in [4.69, 9.17) is 12.2 Å². The van der Waals surface area contributed by atoms with Crippen LogP contribution in [0.5, 0.6) is 0 Å². The van der Waals surface area contributed by atoms with Gasteiger partial charge in [-0.15, -0.1) is 0 Å². The van der Waals surface area contributed by atoms with E-state index < -0.39 is 11.7 Å². The molecule has 0 aliphatic heterocycles. The second kappa shape index (κ2) is 5.62. The average Bonchev–Trinajstić information content (AvgIpc) is 2.28. The smallest absolute Gasteiger partial charge is 0.364 e.